The number of ketones is 1. The highest BCUT2D eigenvalue weighted by molar-refractivity contribution is 5.91. The van der Waals surface area contributed by atoms with Crippen LogP contribution in [-0.2, 0) is 9.53 Å². The second-order valence-electron chi connectivity index (χ2n) is 10.4. The van der Waals surface area contributed by atoms with Crippen LogP contribution in [0, 0.1) is 46.8 Å². The molecule has 4 fully saturated rings. The molecule has 0 radical (unpaired) electrons. The number of hydrogen-bond acceptors (Lipinski definition) is 4. The van der Waals surface area contributed by atoms with Gasteiger partial charge in [-0.05, 0) is 85.7 Å². The summed E-state index contributed by atoms with van der Waals surface area (Å²) in [5.41, 5.74) is 0.173. The first-order valence-corrected chi connectivity index (χ1v) is 11.3. The third kappa shape index (κ3) is 2.62. The molecule has 5 heteroatoms. The molecule has 4 saturated carbocycles. The molecule has 5 aliphatic rings. The minimum Gasteiger partial charge on any atom is -0.449 e. The van der Waals surface area contributed by atoms with Gasteiger partial charge in [0.2, 0.25) is 0 Å². The third-order valence-electron chi connectivity index (χ3n) is 9.52. The Morgan fingerprint density at radius 3 is 2.86 bits per heavy atom. The van der Waals surface area contributed by atoms with E-state index < -0.39 is 11.8 Å². The van der Waals surface area contributed by atoms with E-state index in [9.17, 15) is 14.7 Å². The molecule has 5 aliphatic carbocycles. The summed E-state index contributed by atoms with van der Waals surface area (Å²) in [6.07, 6.45) is 10.3. The van der Waals surface area contributed by atoms with Gasteiger partial charge in [0.05, 0.1) is 11.9 Å². The summed E-state index contributed by atoms with van der Waals surface area (Å²) in [4.78, 5) is 22.8. The van der Waals surface area contributed by atoms with Gasteiger partial charge in [0, 0.05) is 11.8 Å². The van der Waals surface area contributed by atoms with Crippen molar-refractivity contribution >= 4 is 11.9 Å². The quantitative estimate of drug-likeness (QED) is 0.536. The number of fused-ring (bicyclic) bond motifs is 7. The Bertz CT molecular complexity index is 799. The number of ether oxygens (including phenoxy) is 1. The number of aliphatic hydroxyl groups is 1. The lowest BCUT2D eigenvalue weighted by molar-refractivity contribution is -0.128. The minimum absolute atomic E-state index is 0.215. The number of carboxylic acid groups (broad SMARTS) is 1. The molecule has 0 aliphatic heterocycles. The molecule has 2 N–H and O–H groups in total. The Morgan fingerprint density at radius 1 is 1.34 bits per heavy atom. The average Bonchev–Trinajstić information content (AvgIpc) is 3.43. The van der Waals surface area contributed by atoms with Crippen LogP contribution in [0.15, 0.2) is 24.0 Å². The second kappa shape index (κ2) is 6.44. The van der Waals surface area contributed by atoms with E-state index in [0.29, 0.717) is 47.7 Å². The molecule has 0 unspecified atom stereocenters. The molecule has 0 saturated heterocycles. The van der Waals surface area contributed by atoms with Crippen molar-refractivity contribution in [2.24, 2.45) is 46.8 Å². The van der Waals surface area contributed by atoms with Crippen molar-refractivity contribution in [1.82, 2.24) is 0 Å². The molecule has 0 bridgehead atoms. The molecule has 5 rings (SSSR count). The largest absolute Gasteiger partial charge is 0.510 e. The summed E-state index contributed by atoms with van der Waals surface area (Å²) >= 11 is 0. The lowest BCUT2D eigenvalue weighted by Crippen LogP contribution is -2.56. The van der Waals surface area contributed by atoms with Crippen LogP contribution in [0.2, 0.25) is 0 Å². The standard InChI is InChI=1S/C24H32O5/c1-3-13-10-14-11-15(25)4-5-16(14)17-6-7-23(2)21(20(13)17)18-12-19(18)24(23,28)8-9-29-22(26)27/h8-9,11,13,16-21,28H,3-7,10,12H2,1-2H3,(H,26,27)/b9-8-/t13-,16-,17+,18+,19-,20+,21-,23-,24-/m0/s1. The Labute approximate surface area is 172 Å². The molecular weight excluding hydrogens is 368 g/mol. The topological polar surface area (TPSA) is 83.8 Å². The molecule has 9 atom stereocenters. The summed E-state index contributed by atoms with van der Waals surface area (Å²) in [6.45, 7) is 4.50. The lowest BCUT2D eigenvalue weighted by atomic mass is 9.46. The van der Waals surface area contributed by atoms with Gasteiger partial charge in [0.25, 0.3) is 0 Å². The van der Waals surface area contributed by atoms with Gasteiger partial charge < -0.3 is 14.9 Å². The van der Waals surface area contributed by atoms with Gasteiger partial charge in [-0.1, -0.05) is 25.8 Å². The third-order valence-corrected chi connectivity index (χ3v) is 9.52. The Morgan fingerprint density at radius 2 is 2.14 bits per heavy atom. The van der Waals surface area contributed by atoms with Crippen LogP contribution in [0.1, 0.15) is 58.8 Å². The molecule has 0 aromatic carbocycles. The number of allylic oxidation sites excluding steroid dienone is 1. The Hall–Kier alpha value is -1.62. The van der Waals surface area contributed by atoms with Gasteiger partial charge in [0.15, 0.2) is 5.78 Å². The zero-order chi connectivity index (χ0) is 20.6. The van der Waals surface area contributed by atoms with Crippen LogP contribution in [0.3, 0.4) is 0 Å². The van der Waals surface area contributed by atoms with Gasteiger partial charge in [-0.25, -0.2) is 4.79 Å². The molecule has 0 aromatic rings. The van der Waals surface area contributed by atoms with E-state index in [1.54, 1.807) is 6.08 Å². The zero-order valence-corrected chi connectivity index (χ0v) is 17.3. The predicted octanol–water partition coefficient (Wildman–Crippen LogP) is 4.56. The Balaban J connectivity index is 1.50. The van der Waals surface area contributed by atoms with E-state index in [0.717, 1.165) is 38.5 Å². The van der Waals surface area contributed by atoms with E-state index in [1.165, 1.54) is 11.8 Å². The van der Waals surface area contributed by atoms with Gasteiger partial charge in [-0.3, -0.25) is 4.79 Å². The van der Waals surface area contributed by atoms with Gasteiger partial charge >= 0.3 is 6.16 Å². The molecule has 0 amide bonds. The van der Waals surface area contributed by atoms with Crippen LogP contribution in [-0.4, -0.2) is 27.8 Å². The summed E-state index contributed by atoms with van der Waals surface area (Å²) in [5.74, 6) is 3.83. The number of rotatable bonds is 3. The molecular formula is C24H32O5. The highest BCUT2D eigenvalue weighted by atomic mass is 16.7. The molecule has 5 nitrogen and oxygen atoms in total. The predicted molar refractivity (Wildman–Crippen MR) is 107 cm³/mol. The SMILES string of the molecule is CC[C@H]1CC2=CC(=O)CC[C@@H]2[C@H]2CC[C@@]3(C)[C@@H]([C@@H]4C[C@@H]4[C@@]3(O)/C=C\OC(=O)O)[C@H]12. The maximum Gasteiger partial charge on any atom is 0.510 e. The molecule has 0 spiro atoms. The second-order valence-corrected chi connectivity index (χ2v) is 10.4. The van der Waals surface area contributed by atoms with Gasteiger partial charge in [-0.2, -0.15) is 0 Å². The van der Waals surface area contributed by atoms with Crippen molar-refractivity contribution in [2.45, 2.75) is 64.4 Å². The zero-order valence-electron chi connectivity index (χ0n) is 17.3. The smallest absolute Gasteiger partial charge is 0.449 e. The summed E-state index contributed by atoms with van der Waals surface area (Å²) in [5, 5.41) is 20.6. The first-order chi connectivity index (χ1) is 13.8. The van der Waals surface area contributed by atoms with E-state index in [-0.39, 0.29) is 11.3 Å². The van der Waals surface area contributed by atoms with Crippen molar-refractivity contribution in [3.8, 4) is 0 Å². The van der Waals surface area contributed by atoms with E-state index >= 15 is 0 Å². The van der Waals surface area contributed by atoms with E-state index in [4.69, 9.17) is 5.11 Å². The summed E-state index contributed by atoms with van der Waals surface area (Å²) in [6, 6.07) is 0. The Kier molecular flexibility index (Phi) is 4.29. The van der Waals surface area contributed by atoms with Crippen molar-refractivity contribution in [2.75, 3.05) is 0 Å². The van der Waals surface area contributed by atoms with Crippen LogP contribution < -0.4 is 0 Å². The fraction of sp³-hybridized carbons (Fsp3) is 0.750. The monoisotopic (exact) mass is 400 g/mol. The number of carbonyl (C=O) groups excluding carboxylic acids is 1. The molecule has 0 aromatic heterocycles. The lowest BCUT2D eigenvalue weighted by Gasteiger charge is -2.59. The van der Waals surface area contributed by atoms with Crippen LogP contribution in [0.5, 0.6) is 0 Å². The minimum atomic E-state index is -1.34. The molecule has 29 heavy (non-hydrogen) atoms. The number of carbonyl (C=O) groups is 2. The van der Waals surface area contributed by atoms with Crippen LogP contribution in [0.4, 0.5) is 4.79 Å². The van der Waals surface area contributed by atoms with Crippen molar-refractivity contribution < 1.29 is 24.5 Å². The van der Waals surface area contributed by atoms with Crippen molar-refractivity contribution in [3.05, 3.63) is 24.0 Å². The normalized spacial score (nSPS) is 50.2. The van der Waals surface area contributed by atoms with Gasteiger partial charge in [0.1, 0.15) is 0 Å². The fourth-order valence-corrected chi connectivity index (χ4v) is 8.33. The molecule has 0 heterocycles. The summed E-state index contributed by atoms with van der Waals surface area (Å²) < 4.78 is 4.63. The van der Waals surface area contributed by atoms with Crippen LogP contribution in [0.25, 0.3) is 0 Å². The first kappa shape index (κ1) is 19.3. The first-order valence-electron chi connectivity index (χ1n) is 11.3. The highest BCUT2D eigenvalue weighted by Crippen LogP contribution is 2.76. The van der Waals surface area contributed by atoms with Crippen LogP contribution >= 0.6 is 0 Å². The summed E-state index contributed by atoms with van der Waals surface area (Å²) in [7, 11) is 0. The average molecular weight is 401 g/mol. The highest BCUT2D eigenvalue weighted by Gasteiger charge is 2.75. The maximum absolute atomic E-state index is 12.0. The van der Waals surface area contributed by atoms with E-state index in [2.05, 4.69) is 18.6 Å². The molecule has 158 valence electrons. The maximum atomic E-state index is 12.0. The number of hydrogen-bond donors (Lipinski definition) is 2. The van der Waals surface area contributed by atoms with Gasteiger partial charge in [-0.15, -0.1) is 0 Å². The van der Waals surface area contributed by atoms with E-state index in [1.807, 2.05) is 6.08 Å². The van der Waals surface area contributed by atoms with Crippen molar-refractivity contribution in [3.63, 3.8) is 0 Å². The van der Waals surface area contributed by atoms with Crippen molar-refractivity contribution in [1.29, 1.82) is 0 Å². The fourth-order valence-electron chi connectivity index (χ4n) is 8.33.